The van der Waals surface area contributed by atoms with E-state index in [4.69, 9.17) is 21.6 Å². The van der Waals surface area contributed by atoms with Gasteiger partial charge < -0.3 is 20.4 Å². The van der Waals surface area contributed by atoms with Crippen LogP contribution in [0.15, 0.2) is 36.7 Å². The molecule has 5 rings (SSSR count). The maximum absolute atomic E-state index is 12.5. The Hall–Kier alpha value is -3.68. The molecule has 0 aliphatic heterocycles. The first-order valence-electron chi connectivity index (χ1n) is 11.2. The van der Waals surface area contributed by atoms with E-state index in [0.29, 0.717) is 27.8 Å². The summed E-state index contributed by atoms with van der Waals surface area (Å²) >= 11 is 7.57. The van der Waals surface area contributed by atoms with Crippen molar-refractivity contribution < 1.29 is 9.53 Å². The van der Waals surface area contributed by atoms with Crippen molar-refractivity contribution in [1.82, 2.24) is 25.5 Å². The van der Waals surface area contributed by atoms with Gasteiger partial charge in [0.05, 0.1) is 17.2 Å². The summed E-state index contributed by atoms with van der Waals surface area (Å²) < 4.78 is 5.53. The number of benzene rings is 1. The van der Waals surface area contributed by atoms with Crippen LogP contribution >= 0.6 is 22.9 Å². The van der Waals surface area contributed by atoms with E-state index in [1.165, 1.54) is 0 Å². The van der Waals surface area contributed by atoms with Crippen LogP contribution in [0.25, 0.3) is 21.5 Å². The van der Waals surface area contributed by atoms with Gasteiger partial charge in [-0.3, -0.25) is 0 Å². The molecule has 11 heteroatoms. The number of anilines is 1. The molecule has 1 saturated carbocycles. The molecule has 1 amide bonds. The minimum absolute atomic E-state index is 0.0300. The van der Waals surface area contributed by atoms with Gasteiger partial charge in [-0.15, -0.1) is 10.2 Å². The molecule has 0 unspecified atom stereocenters. The van der Waals surface area contributed by atoms with Gasteiger partial charge in [-0.1, -0.05) is 22.9 Å². The van der Waals surface area contributed by atoms with E-state index in [0.717, 1.165) is 52.5 Å². The van der Waals surface area contributed by atoms with Gasteiger partial charge in [0.1, 0.15) is 10.2 Å². The molecule has 1 aliphatic rings. The third kappa shape index (κ3) is 4.92. The van der Waals surface area contributed by atoms with Crippen LogP contribution in [0.3, 0.4) is 0 Å². The summed E-state index contributed by atoms with van der Waals surface area (Å²) in [5.74, 6) is 0.703. The topological polar surface area (TPSA) is 129 Å². The molecule has 0 saturated heterocycles. The van der Waals surface area contributed by atoms with Crippen LogP contribution in [0.2, 0.25) is 5.15 Å². The molecular weight excluding hydrogens is 486 g/mol. The van der Waals surface area contributed by atoms with E-state index < -0.39 is 6.09 Å². The fourth-order valence-electron chi connectivity index (χ4n) is 4.35. The van der Waals surface area contributed by atoms with Crippen molar-refractivity contribution >= 4 is 45.6 Å². The highest BCUT2D eigenvalue weighted by molar-refractivity contribution is 7.14. The molecule has 4 aromatic rings. The van der Waals surface area contributed by atoms with Gasteiger partial charge in [0.2, 0.25) is 0 Å². The average Bonchev–Trinajstić information content (AvgIpc) is 3.52. The number of nitriles is 1. The first-order valence-corrected chi connectivity index (χ1v) is 12.4. The molecule has 3 heterocycles. The summed E-state index contributed by atoms with van der Waals surface area (Å²) in [5, 5.41) is 26.9. The number of nitrogens with one attached hydrogen (secondary N) is 3. The van der Waals surface area contributed by atoms with E-state index in [2.05, 4.69) is 36.9 Å². The fraction of sp³-hybridized carbons (Fsp3) is 0.292. The third-order valence-corrected chi connectivity index (χ3v) is 7.51. The zero-order valence-corrected chi connectivity index (χ0v) is 20.4. The van der Waals surface area contributed by atoms with E-state index in [1.807, 2.05) is 7.05 Å². The molecule has 1 aliphatic carbocycles. The Labute approximate surface area is 210 Å². The number of nitrogens with zero attached hydrogens (tertiary/aromatic N) is 4. The summed E-state index contributed by atoms with van der Waals surface area (Å²) in [6, 6.07) is 9.12. The molecule has 3 N–H and O–H groups in total. The van der Waals surface area contributed by atoms with Gasteiger partial charge in [0.25, 0.3) is 0 Å². The summed E-state index contributed by atoms with van der Waals surface area (Å²) in [5.41, 5.74) is 3.05. The zero-order valence-electron chi connectivity index (χ0n) is 18.8. The van der Waals surface area contributed by atoms with E-state index in [-0.39, 0.29) is 6.04 Å². The second-order valence-corrected chi connectivity index (χ2v) is 9.75. The fourth-order valence-corrected chi connectivity index (χ4v) is 5.54. The second-order valence-electron chi connectivity index (χ2n) is 8.36. The van der Waals surface area contributed by atoms with Crippen molar-refractivity contribution in [3.63, 3.8) is 0 Å². The molecule has 1 aromatic carbocycles. The highest BCUT2D eigenvalue weighted by atomic mass is 35.5. The number of rotatable bonds is 5. The molecule has 0 spiro atoms. The Kier molecular flexibility index (Phi) is 6.53. The number of hydrogen-bond donors (Lipinski definition) is 3. The number of carbonyl (C=O) groups excluding carboxylic acids is 1. The van der Waals surface area contributed by atoms with Gasteiger partial charge in [-0.25, -0.2) is 9.78 Å². The Balaban J connectivity index is 1.18. The quantitative estimate of drug-likeness (QED) is 0.306. The predicted molar refractivity (Wildman–Crippen MR) is 135 cm³/mol. The van der Waals surface area contributed by atoms with Crippen LogP contribution in [-0.2, 0) is 0 Å². The number of halogens is 1. The Morgan fingerprint density at radius 3 is 2.86 bits per heavy atom. The van der Waals surface area contributed by atoms with Crippen LogP contribution in [0.5, 0.6) is 5.75 Å². The minimum atomic E-state index is -0.496. The molecule has 3 aromatic heterocycles. The lowest BCUT2D eigenvalue weighted by Gasteiger charge is -2.27. The van der Waals surface area contributed by atoms with Crippen molar-refractivity contribution in [3.8, 4) is 22.4 Å². The molecule has 35 heavy (non-hydrogen) atoms. The predicted octanol–water partition coefficient (Wildman–Crippen LogP) is 5.46. The van der Waals surface area contributed by atoms with Gasteiger partial charge in [-0.05, 0) is 49.9 Å². The molecule has 1 fully saturated rings. The number of carbonyl (C=O) groups is 1. The minimum Gasteiger partial charge on any atom is -0.408 e. The van der Waals surface area contributed by atoms with Crippen LogP contribution in [0.1, 0.15) is 42.2 Å². The number of H-pyrrole nitrogens is 1. The molecule has 0 atom stereocenters. The number of aromatic amines is 1. The van der Waals surface area contributed by atoms with Gasteiger partial charge in [-0.2, -0.15) is 5.26 Å². The third-order valence-electron chi connectivity index (χ3n) is 6.18. The van der Waals surface area contributed by atoms with Crippen LogP contribution < -0.4 is 15.4 Å². The van der Waals surface area contributed by atoms with E-state index >= 15 is 0 Å². The van der Waals surface area contributed by atoms with Crippen molar-refractivity contribution in [2.45, 2.75) is 37.6 Å². The van der Waals surface area contributed by atoms with Gasteiger partial charge >= 0.3 is 6.09 Å². The maximum atomic E-state index is 12.5. The van der Waals surface area contributed by atoms with Crippen molar-refractivity contribution in [2.75, 3.05) is 12.4 Å². The van der Waals surface area contributed by atoms with Gasteiger partial charge in [0.15, 0.2) is 10.8 Å². The number of pyridine rings is 1. The Morgan fingerprint density at radius 2 is 2.09 bits per heavy atom. The second kappa shape index (κ2) is 9.90. The highest BCUT2D eigenvalue weighted by Gasteiger charge is 2.27. The largest absolute Gasteiger partial charge is 0.412 e. The molecule has 0 radical (unpaired) electrons. The molecule has 0 bridgehead atoms. The molecule has 9 nitrogen and oxygen atoms in total. The number of aromatic nitrogens is 4. The van der Waals surface area contributed by atoms with Crippen LogP contribution in [-0.4, -0.2) is 39.3 Å². The summed E-state index contributed by atoms with van der Waals surface area (Å²) in [4.78, 5) is 19.7. The monoisotopic (exact) mass is 507 g/mol. The normalized spacial score (nSPS) is 17.6. The van der Waals surface area contributed by atoms with E-state index in [1.54, 1.807) is 48.0 Å². The standard InChI is InChI=1S/C24H22ClN7O2S/c1-27-19-9-21(25)29-11-17(19)23-32-31-22(35-23)14-3-5-15(6-4-14)30-24(33)34-20-12-28-18-7-2-13(10-26)8-16(18)20/h2,7-9,11-12,14-15,28H,3-6H2,1H3,(H,27,29)(H,30,33)/t14-,15-. The summed E-state index contributed by atoms with van der Waals surface area (Å²) in [6.07, 6.45) is 6.29. The lowest BCUT2D eigenvalue weighted by Crippen LogP contribution is -2.39. The van der Waals surface area contributed by atoms with Crippen molar-refractivity contribution in [3.05, 3.63) is 52.4 Å². The van der Waals surface area contributed by atoms with E-state index in [9.17, 15) is 4.79 Å². The number of hydrogen-bond acceptors (Lipinski definition) is 8. The Morgan fingerprint density at radius 1 is 1.26 bits per heavy atom. The first-order chi connectivity index (χ1) is 17.0. The first kappa shape index (κ1) is 23.1. The lowest BCUT2D eigenvalue weighted by atomic mass is 9.86. The van der Waals surface area contributed by atoms with Crippen LogP contribution in [0, 0.1) is 11.3 Å². The number of fused-ring (bicyclic) bond motifs is 1. The smallest absolute Gasteiger partial charge is 0.408 e. The highest BCUT2D eigenvalue weighted by Crippen LogP contribution is 2.38. The maximum Gasteiger partial charge on any atom is 0.412 e. The average molecular weight is 508 g/mol. The lowest BCUT2D eigenvalue weighted by molar-refractivity contribution is 0.191. The summed E-state index contributed by atoms with van der Waals surface area (Å²) in [7, 11) is 1.83. The van der Waals surface area contributed by atoms with Crippen molar-refractivity contribution in [2.24, 2.45) is 0 Å². The zero-order chi connectivity index (χ0) is 24.4. The number of ether oxygens (including phenoxy) is 1. The number of amides is 1. The SMILES string of the molecule is CNc1cc(Cl)ncc1-c1nnc([C@H]2CC[C@H](NC(=O)Oc3c[nH]c4ccc(C#N)cc34)CC2)s1. The van der Waals surface area contributed by atoms with Crippen LogP contribution in [0.4, 0.5) is 10.5 Å². The van der Waals surface area contributed by atoms with Gasteiger partial charge in [0, 0.05) is 48.0 Å². The van der Waals surface area contributed by atoms with Crippen molar-refractivity contribution in [1.29, 1.82) is 5.26 Å². The molecule has 178 valence electrons. The Bertz CT molecular complexity index is 1420. The molecular formula is C24H22ClN7O2S. The summed E-state index contributed by atoms with van der Waals surface area (Å²) in [6.45, 7) is 0.